The van der Waals surface area contributed by atoms with Crippen LogP contribution in [0.5, 0.6) is 0 Å². The lowest BCUT2D eigenvalue weighted by atomic mass is 10.0. The van der Waals surface area contributed by atoms with Crippen molar-refractivity contribution in [3.05, 3.63) is 76.6 Å². The summed E-state index contributed by atoms with van der Waals surface area (Å²) in [4.78, 5) is 12.8. The molecule has 0 unspecified atom stereocenters. The second-order valence-corrected chi connectivity index (χ2v) is 5.53. The number of aromatic nitrogens is 2. The third kappa shape index (κ3) is 3.08. The van der Waals surface area contributed by atoms with E-state index in [0.29, 0.717) is 12.2 Å². The molecule has 1 aromatic heterocycles. The van der Waals surface area contributed by atoms with Gasteiger partial charge in [-0.3, -0.25) is 4.79 Å². The lowest BCUT2D eigenvalue weighted by Gasteiger charge is -2.16. The zero-order chi connectivity index (χ0) is 16.9. The fourth-order valence-corrected chi connectivity index (χ4v) is 2.78. The molecule has 0 aliphatic rings. The van der Waals surface area contributed by atoms with E-state index in [0.717, 1.165) is 28.9 Å². The molecule has 4 nitrogen and oxygen atoms in total. The second-order valence-electron chi connectivity index (χ2n) is 5.53. The van der Waals surface area contributed by atoms with Gasteiger partial charge in [0.15, 0.2) is 0 Å². The van der Waals surface area contributed by atoms with Crippen molar-refractivity contribution in [1.82, 2.24) is 9.78 Å². The third-order valence-corrected chi connectivity index (χ3v) is 4.00. The van der Waals surface area contributed by atoms with E-state index < -0.39 is 0 Å². The average molecular weight is 319 g/mol. The lowest BCUT2D eigenvalue weighted by Crippen LogP contribution is -2.27. The smallest absolute Gasteiger partial charge is 0.290 e. The summed E-state index contributed by atoms with van der Waals surface area (Å²) in [6.45, 7) is 4.52. The van der Waals surface area contributed by atoms with E-state index in [4.69, 9.17) is 0 Å². The Morgan fingerprint density at radius 1 is 0.958 bits per heavy atom. The van der Waals surface area contributed by atoms with Gasteiger partial charge in [0.1, 0.15) is 5.69 Å². The van der Waals surface area contributed by atoms with Crippen molar-refractivity contribution in [3.8, 4) is 11.3 Å². The molecule has 1 heterocycles. The third-order valence-electron chi connectivity index (χ3n) is 4.00. The monoisotopic (exact) mass is 319 g/mol. The molecular weight excluding hydrogens is 298 g/mol. The van der Waals surface area contributed by atoms with Crippen molar-refractivity contribution in [3.63, 3.8) is 0 Å². The van der Waals surface area contributed by atoms with Crippen molar-refractivity contribution in [2.75, 3.05) is 5.32 Å². The maximum absolute atomic E-state index is 12.8. The average Bonchev–Trinajstić information content (AvgIpc) is 2.64. The first-order valence-electron chi connectivity index (χ1n) is 8.26. The largest absolute Gasteiger partial charge is 0.351 e. The van der Waals surface area contributed by atoms with Gasteiger partial charge in [0, 0.05) is 23.4 Å². The van der Waals surface area contributed by atoms with Gasteiger partial charge in [-0.05, 0) is 25.5 Å². The van der Waals surface area contributed by atoms with Crippen molar-refractivity contribution in [2.45, 2.75) is 26.8 Å². The number of nitrogens with zero attached hydrogens (tertiary/aromatic N) is 2. The minimum Gasteiger partial charge on any atom is -0.351 e. The van der Waals surface area contributed by atoms with Crippen LogP contribution in [0.4, 0.5) is 11.4 Å². The standard InChI is InChI=1S/C20H21N3O/c1-3-17-18(15-11-7-5-8-12-15)22-23(4-2)20(24)19(17)21-16-13-9-6-10-14-16/h5-14,21H,3-4H2,1-2H3. The molecule has 3 aromatic rings. The highest BCUT2D eigenvalue weighted by Gasteiger charge is 2.17. The van der Waals surface area contributed by atoms with Crippen molar-refractivity contribution >= 4 is 11.4 Å². The molecule has 1 N–H and O–H groups in total. The fraction of sp³-hybridized carbons (Fsp3) is 0.200. The molecule has 0 aliphatic carbocycles. The van der Waals surface area contributed by atoms with E-state index in [1.807, 2.05) is 67.6 Å². The highest BCUT2D eigenvalue weighted by atomic mass is 16.1. The summed E-state index contributed by atoms with van der Waals surface area (Å²) in [7, 11) is 0. The molecule has 0 atom stereocenters. The second kappa shape index (κ2) is 7.13. The van der Waals surface area contributed by atoms with E-state index in [2.05, 4.69) is 17.3 Å². The molecule has 0 spiro atoms. The predicted molar refractivity (Wildman–Crippen MR) is 98.7 cm³/mol. The molecule has 24 heavy (non-hydrogen) atoms. The lowest BCUT2D eigenvalue weighted by molar-refractivity contribution is 0.617. The Balaban J connectivity index is 2.21. The topological polar surface area (TPSA) is 46.9 Å². The molecule has 3 rings (SSSR count). The Hall–Kier alpha value is -2.88. The van der Waals surface area contributed by atoms with Crippen LogP contribution in [-0.2, 0) is 13.0 Å². The normalized spacial score (nSPS) is 10.6. The van der Waals surface area contributed by atoms with Crippen LogP contribution in [-0.4, -0.2) is 9.78 Å². The Morgan fingerprint density at radius 2 is 1.58 bits per heavy atom. The zero-order valence-corrected chi connectivity index (χ0v) is 14.0. The number of para-hydroxylation sites is 1. The van der Waals surface area contributed by atoms with Crippen molar-refractivity contribution in [2.24, 2.45) is 0 Å². The summed E-state index contributed by atoms with van der Waals surface area (Å²) in [5.74, 6) is 0. The van der Waals surface area contributed by atoms with Gasteiger partial charge in [0.2, 0.25) is 0 Å². The molecule has 0 aliphatic heterocycles. The summed E-state index contributed by atoms with van der Waals surface area (Å²) < 4.78 is 1.52. The van der Waals surface area contributed by atoms with Gasteiger partial charge in [-0.2, -0.15) is 5.10 Å². The molecule has 0 amide bonds. The molecular formula is C20H21N3O. The van der Waals surface area contributed by atoms with Gasteiger partial charge in [-0.25, -0.2) is 4.68 Å². The quantitative estimate of drug-likeness (QED) is 0.765. The molecule has 0 bridgehead atoms. The number of hydrogen-bond acceptors (Lipinski definition) is 3. The van der Waals surface area contributed by atoms with Crippen molar-refractivity contribution in [1.29, 1.82) is 0 Å². The van der Waals surface area contributed by atoms with Crippen LogP contribution in [0.15, 0.2) is 65.5 Å². The van der Waals surface area contributed by atoms with Crippen LogP contribution >= 0.6 is 0 Å². The van der Waals surface area contributed by atoms with Gasteiger partial charge >= 0.3 is 0 Å². The van der Waals surface area contributed by atoms with E-state index >= 15 is 0 Å². The SMILES string of the molecule is CCc1c(-c2ccccc2)nn(CC)c(=O)c1Nc1ccccc1. The summed E-state index contributed by atoms with van der Waals surface area (Å²) in [6, 6.07) is 19.8. The van der Waals surface area contributed by atoms with Gasteiger partial charge in [0.25, 0.3) is 5.56 Å². The zero-order valence-electron chi connectivity index (χ0n) is 14.0. The minimum atomic E-state index is -0.0853. The number of rotatable bonds is 5. The van der Waals surface area contributed by atoms with Crippen LogP contribution in [0, 0.1) is 0 Å². The van der Waals surface area contributed by atoms with Gasteiger partial charge in [0.05, 0.1) is 5.69 Å². The molecule has 0 saturated heterocycles. The molecule has 0 saturated carbocycles. The Kier molecular flexibility index (Phi) is 4.75. The van der Waals surface area contributed by atoms with Crippen LogP contribution in [0.25, 0.3) is 11.3 Å². The molecule has 0 fully saturated rings. The number of benzene rings is 2. The fourth-order valence-electron chi connectivity index (χ4n) is 2.78. The maximum atomic E-state index is 12.8. The Labute approximate surface area is 141 Å². The highest BCUT2D eigenvalue weighted by Crippen LogP contribution is 2.27. The number of aryl methyl sites for hydroxylation is 1. The Morgan fingerprint density at radius 3 is 2.17 bits per heavy atom. The summed E-state index contributed by atoms with van der Waals surface area (Å²) in [6.07, 6.45) is 0.728. The van der Waals surface area contributed by atoms with Crippen molar-refractivity contribution < 1.29 is 0 Å². The van der Waals surface area contributed by atoms with E-state index in [1.165, 1.54) is 4.68 Å². The summed E-state index contributed by atoms with van der Waals surface area (Å²) in [5.41, 5.74) is 4.25. The molecule has 0 radical (unpaired) electrons. The van der Waals surface area contributed by atoms with E-state index in [-0.39, 0.29) is 5.56 Å². The van der Waals surface area contributed by atoms with Gasteiger partial charge in [-0.1, -0.05) is 55.5 Å². The first kappa shape index (κ1) is 16.0. The number of nitrogens with one attached hydrogen (secondary N) is 1. The van der Waals surface area contributed by atoms with Crippen LogP contribution < -0.4 is 10.9 Å². The molecule has 4 heteroatoms. The Bertz CT molecular complexity index is 871. The van der Waals surface area contributed by atoms with Crippen LogP contribution in [0.2, 0.25) is 0 Å². The van der Waals surface area contributed by atoms with E-state index in [1.54, 1.807) is 0 Å². The predicted octanol–water partition coefficient (Wildman–Crippen LogP) is 4.24. The first-order valence-corrected chi connectivity index (χ1v) is 8.26. The van der Waals surface area contributed by atoms with Gasteiger partial charge < -0.3 is 5.32 Å². The minimum absolute atomic E-state index is 0.0853. The van der Waals surface area contributed by atoms with Crippen LogP contribution in [0.3, 0.4) is 0 Å². The van der Waals surface area contributed by atoms with Gasteiger partial charge in [-0.15, -0.1) is 0 Å². The number of anilines is 2. The highest BCUT2D eigenvalue weighted by molar-refractivity contribution is 5.72. The summed E-state index contributed by atoms with van der Waals surface area (Å²) >= 11 is 0. The van der Waals surface area contributed by atoms with Crippen LogP contribution in [0.1, 0.15) is 19.4 Å². The first-order chi connectivity index (χ1) is 11.7. The molecule has 122 valence electrons. The summed E-state index contributed by atoms with van der Waals surface area (Å²) in [5, 5.41) is 7.90. The maximum Gasteiger partial charge on any atom is 0.290 e. The molecule has 2 aromatic carbocycles. The van der Waals surface area contributed by atoms with E-state index in [9.17, 15) is 4.79 Å². The number of hydrogen-bond donors (Lipinski definition) is 1.